The molecule has 1 N–H and O–H groups in total. The summed E-state index contributed by atoms with van der Waals surface area (Å²) in [5.41, 5.74) is 3.07. The largest absolute Gasteiger partial charge is 0.458 e. The molecule has 2 aliphatic heterocycles. The molecule has 0 radical (unpaired) electrons. The lowest BCUT2D eigenvalue weighted by atomic mass is 9.86. The maximum absolute atomic E-state index is 13.2. The van der Waals surface area contributed by atoms with E-state index in [-0.39, 0.29) is 18.6 Å². The van der Waals surface area contributed by atoms with Crippen LogP contribution in [-0.4, -0.2) is 20.8 Å². The number of aromatic nitrogens is 2. The third kappa shape index (κ3) is 2.28. The number of ether oxygens (including phenoxy) is 1. The van der Waals surface area contributed by atoms with E-state index in [0.29, 0.717) is 23.4 Å². The number of hydrogen-bond acceptors (Lipinski definition) is 6. The van der Waals surface area contributed by atoms with Crippen LogP contribution in [0.15, 0.2) is 35.1 Å². The van der Waals surface area contributed by atoms with Gasteiger partial charge < -0.3 is 9.30 Å². The normalized spacial score (nSPS) is 19.6. The zero-order chi connectivity index (χ0) is 20.3. The monoisotopic (exact) mass is 392 g/mol. The average molecular weight is 392 g/mol. The summed E-state index contributed by atoms with van der Waals surface area (Å²) >= 11 is 0. The average Bonchev–Trinajstić information content (AvgIpc) is 3.10. The van der Waals surface area contributed by atoms with Crippen molar-refractivity contribution in [2.24, 2.45) is 0 Å². The van der Waals surface area contributed by atoms with Crippen LogP contribution in [0.1, 0.15) is 42.5 Å². The molecule has 2 aromatic heterocycles. The lowest BCUT2D eigenvalue weighted by Gasteiger charge is -2.33. The van der Waals surface area contributed by atoms with E-state index in [9.17, 15) is 14.8 Å². The van der Waals surface area contributed by atoms with Gasteiger partial charge in [-0.25, -0.2) is 14.7 Å². The van der Waals surface area contributed by atoms with Crippen LogP contribution in [0.3, 0.4) is 0 Å². The minimum atomic E-state index is -1.70. The summed E-state index contributed by atoms with van der Waals surface area (Å²) < 4.78 is 6.81. The Morgan fingerprint density at radius 1 is 1.28 bits per heavy atom. The molecular formula is C22H20N2O5. The highest BCUT2D eigenvalue weighted by Gasteiger charge is 2.49. The van der Waals surface area contributed by atoms with Gasteiger partial charge in [-0.1, -0.05) is 32.0 Å². The van der Waals surface area contributed by atoms with Gasteiger partial charge in [0.2, 0.25) is 5.60 Å². The van der Waals surface area contributed by atoms with E-state index in [1.54, 1.807) is 17.6 Å². The smallest absolute Gasteiger partial charge is 0.346 e. The van der Waals surface area contributed by atoms with Gasteiger partial charge in [-0.05, 0) is 30.5 Å². The SMILES string of the molecule is CCc1cccc2cc3c(nc12)-c1cc2c(c(=O)n1C3)COC(=O)[C@@]2(CC)OO. The van der Waals surface area contributed by atoms with Crippen molar-refractivity contribution in [3.8, 4) is 11.4 Å². The molecule has 4 heterocycles. The van der Waals surface area contributed by atoms with E-state index in [4.69, 9.17) is 9.72 Å². The zero-order valence-electron chi connectivity index (χ0n) is 16.2. The van der Waals surface area contributed by atoms with E-state index >= 15 is 0 Å². The molecular weight excluding hydrogens is 372 g/mol. The first-order valence-electron chi connectivity index (χ1n) is 9.73. The topological polar surface area (TPSA) is 90.7 Å². The summed E-state index contributed by atoms with van der Waals surface area (Å²) in [5.74, 6) is -0.697. The minimum Gasteiger partial charge on any atom is -0.458 e. The summed E-state index contributed by atoms with van der Waals surface area (Å²) in [4.78, 5) is 35.2. The van der Waals surface area contributed by atoms with E-state index in [2.05, 4.69) is 17.9 Å². The fourth-order valence-electron chi connectivity index (χ4n) is 4.49. The molecule has 7 nitrogen and oxygen atoms in total. The van der Waals surface area contributed by atoms with Crippen LogP contribution in [0.5, 0.6) is 0 Å². The van der Waals surface area contributed by atoms with Gasteiger partial charge >= 0.3 is 5.97 Å². The van der Waals surface area contributed by atoms with Crippen molar-refractivity contribution in [2.45, 2.75) is 45.4 Å². The number of rotatable bonds is 3. The van der Waals surface area contributed by atoms with Crippen LogP contribution in [-0.2, 0) is 39.6 Å². The second-order valence-corrected chi connectivity index (χ2v) is 7.50. The number of esters is 1. The second-order valence-electron chi connectivity index (χ2n) is 7.50. The first kappa shape index (κ1) is 18.0. The molecule has 29 heavy (non-hydrogen) atoms. The molecule has 0 unspecified atom stereocenters. The van der Waals surface area contributed by atoms with Crippen molar-refractivity contribution in [3.63, 3.8) is 0 Å². The molecule has 3 aromatic rings. The Labute approximate surface area is 166 Å². The summed E-state index contributed by atoms with van der Waals surface area (Å²) in [6.45, 7) is 4.05. The van der Waals surface area contributed by atoms with Crippen LogP contribution in [0.4, 0.5) is 0 Å². The maximum atomic E-state index is 13.2. The van der Waals surface area contributed by atoms with E-state index in [1.807, 2.05) is 18.2 Å². The van der Waals surface area contributed by atoms with E-state index in [0.717, 1.165) is 34.1 Å². The first-order chi connectivity index (χ1) is 14.0. The Kier molecular flexibility index (Phi) is 3.88. The highest BCUT2D eigenvalue weighted by atomic mass is 17.1. The fourth-order valence-corrected chi connectivity index (χ4v) is 4.49. The van der Waals surface area contributed by atoms with E-state index in [1.165, 1.54) is 0 Å². The molecule has 0 saturated carbocycles. The molecule has 1 atom stereocenters. The highest BCUT2D eigenvalue weighted by molar-refractivity contribution is 5.87. The summed E-state index contributed by atoms with van der Waals surface area (Å²) in [5, 5.41) is 10.6. The molecule has 148 valence electrons. The van der Waals surface area contributed by atoms with Crippen molar-refractivity contribution in [2.75, 3.05) is 0 Å². The quantitative estimate of drug-likeness (QED) is 0.327. The third-order valence-electron chi connectivity index (χ3n) is 6.13. The van der Waals surface area contributed by atoms with Gasteiger partial charge in [-0.15, -0.1) is 0 Å². The van der Waals surface area contributed by atoms with Crippen molar-refractivity contribution in [1.29, 1.82) is 0 Å². The molecule has 0 amide bonds. The fraction of sp³-hybridized carbons (Fsp3) is 0.318. The van der Waals surface area contributed by atoms with Crippen molar-refractivity contribution < 1.29 is 19.7 Å². The molecule has 2 aliphatic rings. The number of pyridine rings is 2. The predicted molar refractivity (Wildman–Crippen MR) is 105 cm³/mol. The number of benzene rings is 1. The maximum Gasteiger partial charge on any atom is 0.346 e. The van der Waals surface area contributed by atoms with Gasteiger partial charge in [0.25, 0.3) is 5.56 Å². The van der Waals surface area contributed by atoms with Gasteiger partial charge in [0.05, 0.1) is 29.0 Å². The van der Waals surface area contributed by atoms with Gasteiger partial charge in [0, 0.05) is 16.5 Å². The van der Waals surface area contributed by atoms with Crippen molar-refractivity contribution >= 4 is 16.9 Å². The van der Waals surface area contributed by atoms with Crippen LogP contribution in [0, 0.1) is 0 Å². The number of aryl methyl sites for hydroxylation is 1. The number of cyclic esters (lactones) is 1. The molecule has 0 saturated heterocycles. The molecule has 0 bridgehead atoms. The first-order valence-corrected chi connectivity index (χ1v) is 9.73. The van der Waals surface area contributed by atoms with Crippen LogP contribution in [0.2, 0.25) is 0 Å². The van der Waals surface area contributed by atoms with Gasteiger partial charge in [-0.3, -0.25) is 10.1 Å². The van der Waals surface area contributed by atoms with Crippen molar-refractivity contribution in [3.05, 3.63) is 62.9 Å². The molecule has 7 heteroatoms. The predicted octanol–water partition coefficient (Wildman–Crippen LogP) is 3.14. The number of para-hydroxylation sites is 1. The number of carbonyl (C=O) groups is 1. The Morgan fingerprint density at radius 2 is 2.10 bits per heavy atom. The second kappa shape index (κ2) is 6.23. The summed E-state index contributed by atoms with van der Waals surface area (Å²) in [6.07, 6.45) is 0.986. The van der Waals surface area contributed by atoms with Gasteiger partial charge in [0.15, 0.2) is 0 Å². The molecule has 0 aliphatic carbocycles. The van der Waals surface area contributed by atoms with Crippen LogP contribution < -0.4 is 5.56 Å². The zero-order valence-corrected chi connectivity index (χ0v) is 16.2. The lowest BCUT2D eigenvalue weighted by Crippen LogP contribution is -2.45. The standard InChI is InChI=1S/C22H20N2O5/c1-3-12-6-5-7-13-8-14-10-24-17(19(14)23-18(12)13)9-16-15(20(24)25)11-28-21(26)22(16,4-2)29-27/h5-9,27H,3-4,10-11H2,1-2H3/t22-/m0/s1. The van der Waals surface area contributed by atoms with Crippen LogP contribution >= 0.6 is 0 Å². The third-order valence-corrected chi connectivity index (χ3v) is 6.13. The van der Waals surface area contributed by atoms with E-state index < -0.39 is 11.6 Å². The van der Waals surface area contributed by atoms with Gasteiger partial charge in [0.1, 0.15) is 6.61 Å². The molecule has 5 rings (SSSR count). The Bertz CT molecular complexity index is 1240. The lowest BCUT2D eigenvalue weighted by molar-refractivity contribution is -0.327. The summed E-state index contributed by atoms with van der Waals surface area (Å²) in [6, 6.07) is 9.90. The van der Waals surface area contributed by atoms with Gasteiger partial charge in [-0.2, -0.15) is 0 Å². The minimum absolute atomic E-state index is 0.135. The Balaban J connectivity index is 1.81. The van der Waals surface area contributed by atoms with Crippen LogP contribution in [0.25, 0.3) is 22.3 Å². The van der Waals surface area contributed by atoms with Crippen molar-refractivity contribution in [1.82, 2.24) is 9.55 Å². The summed E-state index contributed by atoms with van der Waals surface area (Å²) in [7, 11) is 0. The Hall–Kier alpha value is -3.03. The molecule has 0 fully saturated rings. The number of hydrogen-bond donors (Lipinski definition) is 1. The highest BCUT2D eigenvalue weighted by Crippen LogP contribution is 2.40. The molecule has 1 aromatic carbocycles. The molecule has 0 spiro atoms. The number of fused-ring (bicyclic) bond motifs is 5. The number of carbonyl (C=O) groups excluding carboxylic acids is 1. The number of nitrogens with zero attached hydrogens (tertiary/aromatic N) is 2. The Morgan fingerprint density at radius 3 is 2.83 bits per heavy atom.